The second-order valence-corrected chi connectivity index (χ2v) is 3.76. The molecular formula is C11H11ClN4. The minimum absolute atomic E-state index is 0.518. The quantitative estimate of drug-likeness (QED) is 0.801. The topological polar surface area (TPSA) is 51.6 Å². The molecule has 0 fully saturated rings. The fourth-order valence-corrected chi connectivity index (χ4v) is 1.49. The summed E-state index contributed by atoms with van der Waals surface area (Å²) in [5.41, 5.74) is 1.50. The smallest absolute Gasteiger partial charge is 0.128 e. The number of hydrogen-bond donors (Lipinski definition) is 0. The first-order valence-electron chi connectivity index (χ1n) is 5.01. The van der Waals surface area contributed by atoms with Gasteiger partial charge in [-0.3, -0.25) is 0 Å². The van der Waals surface area contributed by atoms with Crippen molar-refractivity contribution < 1.29 is 0 Å². The van der Waals surface area contributed by atoms with Crippen LogP contribution in [0.1, 0.15) is 18.6 Å². The highest BCUT2D eigenvalue weighted by Crippen LogP contribution is 2.23. The molecule has 2 heterocycles. The second-order valence-electron chi connectivity index (χ2n) is 3.36. The summed E-state index contributed by atoms with van der Waals surface area (Å²) < 4.78 is 0. The van der Waals surface area contributed by atoms with E-state index in [0.29, 0.717) is 10.7 Å². The molecule has 0 aliphatic carbocycles. The zero-order valence-electron chi connectivity index (χ0n) is 9.11. The van der Waals surface area contributed by atoms with Crippen LogP contribution in [0.5, 0.6) is 0 Å². The zero-order valence-corrected chi connectivity index (χ0v) is 9.86. The molecule has 5 heteroatoms. The Hall–Kier alpha value is -1.55. The SMILES string of the molecule is CCc1ncc(Cl)c(-c2cnc(C)nc2)n1. The van der Waals surface area contributed by atoms with Gasteiger partial charge < -0.3 is 0 Å². The van der Waals surface area contributed by atoms with Crippen LogP contribution in [0.15, 0.2) is 18.6 Å². The van der Waals surface area contributed by atoms with Gasteiger partial charge in [-0.25, -0.2) is 19.9 Å². The van der Waals surface area contributed by atoms with Crippen molar-refractivity contribution >= 4 is 11.6 Å². The molecule has 4 nitrogen and oxygen atoms in total. The molecule has 82 valence electrons. The van der Waals surface area contributed by atoms with Crippen LogP contribution >= 0.6 is 11.6 Å². The van der Waals surface area contributed by atoms with Crippen molar-refractivity contribution in [2.24, 2.45) is 0 Å². The van der Waals surface area contributed by atoms with Crippen molar-refractivity contribution in [1.82, 2.24) is 19.9 Å². The molecule has 2 aromatic heterocycles. The maximum absolute atomic E-state index is 6.05. The summed E-state index contributed by atoms with van der Waals surface area (Å²) in [6.07, 6.45) is 5.82. The monoisotopic (exact) mass is 234 g/mol. The highest BCUT2D eigenvalue weighted by molar-refractivity contribution is 6.32. The number of halogens is 1. The third-order valence-corrected chi connectivity index (χ3v) is 2.44. The summed E-state index contributed by atoms with van der Waals surface area (Å²) in [6.45, 7) is 3.83. The molecule has 0 aliphatic rings. The number of aryl methyl sites for hydroxylation is 2. The Balaban J connectivity index is 2.50. The van der Waals surface area contributed by atoms with Gasteiger partial charge in [0.05, 0.1) is 10.7 Å². The maximum atomic E-state index is 6.05. The summed E-state index contributed by atoms with van der Waals surface area (Å²) in [4.78, 5) is 16.7. The van der Waals surface area contributed by atoms with Crippen LogP contribution < -0.4 is 0 Å². The maximum Gasteiger partial charge on any atom is 0.128 e. The average Bonchev–Trinajstić information content (AvgIpc) is 2.31. The Kier molecular flexibility index (Phi) is 3.10. The predicted octanol–water partition coefficient (Wildman–Crippen LogP) is 2.46. The molecule has 0 atom stereocenters. The highest BCUT2D eigenvalue weighted by atomic mass is 35.5. The van der Waals surface area contributed by atoms with Gasteiger partial charge in [0.25, 0.3) is 0 Å². The first-order valence-corrected chi connectivity index (χ1v) is 5.39. The first-order chi connectivity index (χ1) is 7.70. The van der Waals surface area contributed by atoms with E-state index in [1.807, 2.05) is 13.8 Å². The van der Waals surface area contributed by atoms with E-state index in [1.165, 1.54) is 0 Å². The largest absolute Gasteiger partial charge is 0.241 e. The van der Waals surface area contributed by atoms with E-state index in [-0.39, 0.29) is 0 Å². The molecule has 16 heavy (non-hydrogen) atoms. The minimum Gasteiger partial charge on any atom is -0.241 e. The van der Waals surface area contributed by atoms with Crippen LogP contribution in [-0.4, -0.2) is 19.9 Å². The van der Waals surface area contributed by atoms with Gasteiger partial charge in [-0.1, -0.05) is 18.5 Å². The fraction of sp³-hybridized carbons (Fsp3) is 0.273. The summed E-state index contributed by atoms with van der Waals surface area (Å²) >= 11 is 6.05. The van der Waals surface area contributed by atoms with Crippen molar-refractivity contribution in [3.63, 3.8) is 0 Å². The van der Waals surface area contributed by atoms with Crippen LogP contribution in [0.3, 0.4) is 0 Å². The molecule has 0 bridgehead atoms. The normalized spacial score (nSPS) is 10.4. The molecule has 0 aliphatic heterocycles. The molecule has 0 spiro atoms. The van der Waals surface area contributed by atoms with Gasteiger partial charge in [-0.15, -0.1) is 0 Å². The molecule has 0 saturated heterocycles. The zero-order chi connectivity index (χ0) is 11.5. The molecule has 0 radical (unpaired) electrons. The molecule has 0 N–H and O–H groups in total. The lowest BCUT2D eigenvalue weighted by atomic mass is 10.2. The molecule has 0 saturated carbocycles. The minimum atomic E-state index is 0.518. The third-order valence-electron chi connectivity index (χ3n) is 2.16. The van der Waals surface area contributed by atoms with Gasteiger partial charge in [0, 0.05) is 30.6 Å². The Bertz CT molecular complexity index is 496. The fourth-order valence-electron chi connectivity index (χ4n) is 1.29. The van der Waals surface area contributed by atoms with Crippen molar-refractivity contribution in [1.29, 1.82) is 0 Å². The van der Waals surface area contributed by atoms with Crippen molar-refractivity contribution in [3.8, 4) is 11.3 Å². The molecular weight excluding hydrogens is 224 g/mol. The van der Waals surface area contributed by atoms with Gasteiger partial charge in [0.15, 0.2) is 0 Å². The summed E-state index contributed by atoms with van der Waals surface area (Å²) in [5.74, 6) is 1.49. The van der Waals surface area contributed by atoms with E-state index in [9.17, 15) is 0 Å². The van der Waals surface area contributed by atoms with Crippen molar-refractivity contribution in [2.75, 3.05) is 0 Å². The Morgan fingerprint density at radius 3 is 2.44 bits per heavy atom. The summed E-state index contributed by atoms with van der Waals surface area (Å²) in [6, 6.07) is 0. The van der Waals surface area contributed by atoms with Gasteiger partial charge >= 0.3 is 0 Å². The van der Waals surface area contributed by atoms with E-state index in [0.717, 1.165) is 23.6 Å². The van der Waals surface area contributed by atoms with E-state index >= 15 is 0 Å². The number of nitrogens with zero attached hydrogens (tertiary/aromatic N) is 4. The first kappa shape index (κ1) is 11.0. The average molecular weight is 235 g/mol. The van der Waals surface area contributed by atoms with Crippen LogP contribution in [0.4, 0.5) is 0 Å². The van der Waals surface area contributed by atoms with Crippen LogP contribution in [0, 0.1) is 6.92 Å². The molecule has 0 unspecified atom stereocenters. The number of rotatable bonds is 2. The van der Waals surface area contributed by atoms with Crippen molar-refractivity contribution in [2.45, 2.75) is 20.3 Å². The number of hydrogen-bond acceptors (Lipinski definition) is 4. The van der Waals surface area contributed by atoms with Crippen LogP contribution in [-0.2, 0) is 6.42 Å². The van der Waals surface area contributed by atoms with Gasteiger partial charge in [0.2, 0.25) is 0 Å². The summed E-state index contributed by atoms with van der Waals surface area (Å²) in [5, 5.41) is 0.518. The Labute approximate surface area is 98.8 Å². The van der Waals surface area contributed by atoms with Gasteiger partial charge in [-0.05, 0) is 6.92 Å². The Morgan fingerprint density at radius 1 is 1.12 bits per heavy atom. The van der Waals surface area contributed by atoms with Crippen molar-refractivity contribution in [3.05, 3.63) is 35.3 Å². The summed E-state index contributed by atoms with van der Waals surface area (Å²) in [7, 11) is 0. The lowest BCUT2D eigenvalue weighted by Gasteiger charge is -2.04. The van der Waals surface area contributed by atoms with Crippen LogP contribution in [0.2, 0.25) is 5.02 Å². The molecule has 2 aromatic rings. The third kappa shape index (κ3) is 2.17. The van der Waals surface area contributed by atoms with E-state index in [2.05, 4.69) is 19.9 Å². The predicted molar refractivity (Wildman–Crippen MR) is 62.2 cm³/mol. The highest BCUT2D eigenvalue weighted by Gasteiger charge is 2.07. The molecule has 0 aromatic carbocycles. The number of aromatic nitrogens is 4. The van der Waals surface area contributed by atoms with E-state index in [1.54, 1.807) is 18.6 Å². The lowest BCUT2D eigenvalue weighted by Crippen LogP contribution is -1.97. The Morgan fingerprint density at radius 2 is 1.81 bits per heavy atom. The lowest BCUT2D eigenvalue weighted by molar-refractivity contribution is 0.940. The van der Waals surface area contributed by atoms with E-state index in [4.69, 9.17) is 11.6 Å². The molecule has 2 rings (SSSR count). The van der Waals surface area contributed by atoms with E-state index < -0.39 is 0 Å². The second kappa shape index (κ2) is 4.53. The van der Waals surface area contributed by atoms with Gasteiger partial charge in [0.1, 0.15) is 11.6 Å². The molecule has 0 amide bonds. The van der Waals surface area contributed by atoms with Gasteiger partial charge in [-0.2, -0.15) is 0 Å². The standard InChI is InChI=1S/C11H11ClN4/c1-3-10-15-6-9(12)11(16-10)8-4-13-7(2)14-5-8/h4-6H,3H2,1-2H3. The van der Waals surface area contributed by atoms with Crippen LogP contribution in [0.25, 0.3) is 11.3 Å².